The van der Waals surface area contributed by atoms with Crippen molar-refractivity contribution in [2.24, 2.45) is 0 Å². The van der Waals surface area contributed by atoms with Crippen molar-refractivity contribution in [2.45, 2.75) is 0 Å². The van der Waals surface area contributed by atoms with Crippen molar-refractivity contribution in [2.75, 3.05) is 0 Å². The molecule has 0 radical (unpaired) electrons. The van der Waals surface area contributed by atoms with Crippen molar-refractivity contribution in [3.63, 3.8) is 0 Å². The summed E-state index contributed by atoms with van der Waals surface area (Å²) in [6.45, 7) is 0. The number of fused-ring (bicyclic) bond motifs is 1. The van der Waals surface area contributed by atoms with Gasteiger partial charge in [-0.3, -0.25) is 0 Å². The number of rotatable bonds is 2. The fraction of sp³-hybridized carbons (Fsp3) is 0. The zero-order valence-corrected chi connectivity index (χ0v) is 13.2. The Bertz CT molecular complexity index is 521. The van der Waals surface area contributed by atoms with E-state index in [9.17, 15) is 4.57 Å². The van der Waals surface area contributed by atoms with Crippen molar-refractivity contribution < 1.29 is 18.1 Å². The van der Waals surface area contributed by atoms with Crippen LogP contribution in [-0.2, 0) is 4.57 Å². The van der Waals surface area contributed by atoms with Crippen LogP contribution in [0.25, 0.3) is 0 Å². The van der Waals surface area contributed by atoms with E-state index in [1.807, 2.05) is 0 Å². The van der Waals surface area contributed by atoms with E-state index in [0.717, 1.165) is 0 Å². The van der Waals surface area contributed by atoms with Crippen molar-refractivity contribution in [1.29, 1.82) is 0 Å². The molecule has 0 saturated carbocycles. The average molecular weight is 378 g/mol. The van der Waals surface area contributed by atoms with E-state index in [1.165, 1.54) is 18.2 Å². The number of halogens is 5. The van der Waals surface area contributed by atoms with Crippen molar-refractivity contribution in [3.8, 4) is 17.2 Å². The fourth-order valence-corrected chi connectivity index (χ4v) is 4.25. The van der Waals surface area contributed by atoms with E-state index in [0.29, 0.717) is 0 Å². The molecule has 0 amide bonds. The molecule has 0 unspecified atom stereocenters. The van der Waals surface area contributed by atoms with Gasteiger partial charge in [-0.05, 0) is 0 Å². The van der Waals surface area contributed by atoms with Crippen LogP contribution in [-0.4, -0.2) is 0 Å². The molecular formula is C6H3Cl5O4P2. The van der Waals surface area contributed by atoms with Crippen LogP contribution in [0.3, 0.4) is 0 Å². The number of hydrogen-bond acceptors (Lipinski definition) is 4. The first kappa shape index (κ1) is 14.1. The molecule has 0 bridgehead atoms. The van der Waals surface area contributed by atoms with Crippen LogP contribution >= 0.6 is 67.4 Å². The molecule has 0 atom stereocenters. The van der Waals surface area contributed by atoms with Crippen LogP contribution in [0.4, 0.5) is 0 Å². The molecule has 0 saturated heterocycles. The van der Waals surface area contributed by atoms with Crippen molar-refractivity contribution in [1.82, 2.24) is 0 Å². The van der Waals surface area contributed by atoms with Gasteiger partial charge in [-0.15, -0.1) is 0 Å². The molecule has 0 N–H and O–H groups in total. The predicted molar refractivity (Wildman–Crippen MR) is 72.1 cm³/mol. The van der Waals surface area contributed by atoms with Crippen LogP contribution in [0.1, 0.15) is 0 Å². The maximum atomic E-state index is 11.0. The number of hydrogen-bond donors (Lipinski definition) is 0. The molecule has 17 heavy (non-hydrogen) atoms. The molecule has 0 spiro atoms. The fourth-order valence-electron chi connectivity index (χ4n) is 1.14. The first-order chi connectivity index (χ1) is 7.52. The molecule has 0 fully saturated rings. The summed E-state index contributed by atoms with van der Waals surface area (Å²) >= 11 is 27.7. The van der Waals surface area contributed by atoms with E-state index in [1.54, 1.807) is 0 Å². The van der Waals surface area contributed by atoms with Gasteiger partial charge in [0.15, 0.2) is 0 Å². The molecular weight excluding hydrogens is 375 g/mol. The second kappa shape index (κ2) is 4.11. The quantitative estimate of drug-likeness (QED) is 0.569. The summed E-state index contributed by atoms with van der Waals surface area (Å²) in [6, 6.07) is 4.14. The second-order valence-corrected chi connectivity index (χ2v) is 16.0. The van der Waals surface area contributed by atoms with Gasteiger partial charge in [0.1, 0.15) is 0 Å². The van der Waals surface area contributed by atoms with Gasteiger partial charge in [-0.2, -0.15) is 0 Å². The molecule has 0 aliphatic carbocycles. The Kier molecular flexibility index (Phi) is 3.42. The normalized spacial score (nSPS) is 22.5. The minimum absolute atomic E-state index is 0.111. The third kappa shape index (κ3) is 3.84. The molecule has 11 heteroatoms. The van der Waals surface area contributed by atoms with Gasteiger partial charge >= 0.3 is 121 Å². The molecule has 1 heterocycles. The molecule has 0 aromatic heterocycles. The summed E-state index contributed by atoms with van der Waals surface area (Å²) in [5.74, 6) is 0.510. The first-order valence-corrected chi connectivity index (χ1v) is 12.1. The van der Waals surface area contributed by atoms with E-state index < -0.39 is 11.2 Å². The molecule has 1 aromatic rings. The second-order valence-electron chi connectivity index (χ2n) is 2.98. The van der Waals surface area contributed by atoms with Gasteiger partial charge in [0.25, 0.3) is 0 Å². The first-order valence-electron chi connectivity index (χ1n) is 3.93. The molecule has 4 nitrogen and oxygen atoms in total. The van der Waals surface area contributed by atoms with Gasteiger partial charge in [-0.25, -0.2) is 0 Å². The van der Waals surface area contributed by atoms with Crippen LogP contribution in [0.2, 0.25) is 0 Å². The predicted octanol–water partition coefficient (Wildman–Crippen LogP) is 6.27. The Morgan fingerprint density at radius 1 is 1.12 bits per heavy atom. The topological polar surface area (TPSA) is 44.8 Å². The molecule has 96 valence electrons. The Hall–Kier alpha value is 0.730. The van der Waals surface area contributed by atoms with Gasteiger partial charge in [0.2, 0.25) is 0 Å². The monoisotopic (exact) mass is 376 g/mol. The average Bonchev–Trinajstić information content (AvgIpc) is 2.29. The van der Waals surface area contributed by atoms with Crippen LogP contribution < -0.4 is 13.6 Å². The zero-order chi connectivity index (χ0) is 12.9. The third-order valence-corrected chi connectivity index (χ3v) is 4.64. The summed E-state index contributed by atoms with van der Waals surface area (Å²) in [4.78, 5) is 0. The number of benzene rings is 1. The Morgan fingerprint density at radius 3 is 2.29 bits per heavy atom. The summed E-state index contributed by atoms with van der Waals surface area (Å²) in [7, 11) is 0. The van der Waals surface area contributed by atoms with Crippen molar-refractivity contribution >= 4 is 67.4 Å². The Balaban J connectivity index is 2.31. The minimum atomic E-state index is -4.17. The molecule has 1 aromatic carbocycles. The van der Waals surface area contributed by atoms with Gasteiger partial charge in [0.05, 0.1) is 0 Å². The van der Waals surface area contributed by atoms with Gasteiger partial charge < -0.3 is 0 Å². The summed E-state index contributed by atoms with van der Waals surface area (Å²) < 4.78 is 26.0. The molecule has 2 rings (SSSR count). The molecule has 1 aliphatic heterocycles. The van der Waals surface area contributed by atoms with Gasteiger partial charge in [0, 0.05) is 0 Å². The van der Waals surface area contributed by atoms with Crippen LogP contribution in [0, 0.1) is 0 Å². The Labute approximate surface area is 120 Å². The van der Waals surface area contributed by atoms with Crippen LogP contribution in [0.5, 0.6) is 17.2 Å². The Morgan fingerprint density at radius 2 is 1.71 bits per heavy atom. The van der Waals surface area contributed by atoms with Crippen LogP contribution in [0.15, 0.2) is 18.2 Å². The zero-order valence-electron chi connectivity index (χ0n) is 7.65. The maximum absolute atomic E-state index is 11.0. The summed E-state index contributed by atoms with van der Waals surface area (Å²) in [6.07, 6.45) is -3.70. The van der Waals surface area contributed by atoms with E-state index >= 15 is 0 Å². The third-order valence-electron chi connectivity index (χ3n) is 1.61. The summed E-state index contributed by atoms with van der Waals surface area (Å²) in [5.41, 5.74) is 0. The van der Waals surface area contributed by atoms with Crippen molar-refractivity contribution in [3.05, 3.63) is 18.2 Å². The summed E-state index contributed by atoms with van der Waals surface area (Å²) in [5, 5.41) is -4.17. The van der Waals surface area contributed by atoms with E-state index in [-0.39, 0.29) is 17.2 Å². The molecule has 1 aliphatic rings. The SMILES string of the molecule is O=P(Cl)(Cl)Oc1ccc2c(c1)OP(Cl)(Cl)(Cl)O2. The van der Waals surface area contributed by atoms with Gasteiger partial charge in [-0.1, -0.05) is 0 Å². The van der Waals surface area contributed by atoms with E-state index in [2.05, 4.69) is 0 Å². The van der Waals surface area contributed by atoms with E-state index in [4.69, 9.17) is 69.8 Å². The standard InChI is InChI=1S/C6H3Cl5O4P2/c7-16(8,12)13-4-1-2-5-6(3-4)15-17(9,10,11)14-5/h1-3H.